The van der Waals surface area contributed by atoms with E-state index in [0.29, 0.717) is 5.92 Å². The summed E-state index contributed by atoms with van der Waals surface area (Å²) in [5.41, 5.74) is 2.56. The highest BCUT2D eigenvalue weighted by atomic mass is 32.2. The summed E-state index contributed by atoms with van der Waals surface area (Å²) in [5, 5.41) is 7.97. The Kier molecular flexibility index (Phi) is 4.95. The Labute approximate surface area is 129 Å². The molecule has 1 aromatic heterocycles. The fourth-order valence-electron chi connectivity index (χ4n) is 2.60. The molecule has 0 aliphatic carbocycles. The maximum atomic E-state index is 5.02. The molecule has 0 saturated carbocycles. The Morgan fingerprint density at radius 3 is 3.19 bits per heavy atom. The predicted molar refractivity (Wildman–Crippen MR) is 85.7 cm³/mol. The smallest absolute Gasteiger partial charge is 0.0762 e. The zero-order valence-corrected chi connectivity index (χ0v) is 13.1. The van der Waals surface area contributed by atoms with Gasteiger partial charge in [0.15, 0.2) is 0 Å². The molecule has 21 heavy (non-hydrogen) atoms. The van der Waals surface area contributed by atoms with Gasteiger partial charge in [-0.15, -0.1) is 11.8 Å². The second-order valence-electron chi connectivity index (χ2n) is 5.24. The van der Waals surface area contributed by atoms with Crippen LogP contribution in [0.5, 0.6) is 0 Å². The van der Waals surface area contributed by atoms with Crippen molar-refractivity contribution < 1.29 is 4.74 Å². The Hall–Kier alpha value is -1.30. The molecule has 1 N–H and O–H groups in total. The van der Waals surface area contributed by atoms with Crippen LogP contribution in [0.25, 0.3) is 0 Å². The van der Waals surface area contributed by atoms with Crippen molar-refractivity contribution in [2.24, 2.45) is 0 Å². The molecule has 1 unspecified atom stereocenters. The molecule has 0 fully saturated rings. The van der Waals surface area contributed by atoms with E-state index >= 15 is 0 Å². The van der Waals surface area contributed by atoms with Crippen molar-refractivity contribution in [1.82, 2.24) is 15.1 Å². The van der Waals surface area contributed by atoms with E-state index in [1.807, 2.05) is 11.8 Å². The van der Waals surface area contributed by atoms with E-state index < -0.39 is 0 Å². The van der Waals surface area contributed by atoms with Gasteiger partial charge in [-0.2, -0.15) is 5.10 Å². The Bertz CT molecular complexity index is 584. The van der Waals surface area contributed by atoms with Crippen molar-refractivity contribution in [3.05, 3.63) is 47.8 Å². The summed E-state index contributed by atoms with van der Waals surface area (Å²) in [6.45, 7) is 3.35. The van der Waals surface area contributed by atoms with Gasteiger partial charge in [-0.05, 0) is 17.7 Å². The molecule has 0 amide bonds. The molecular weight excluding hydrogens is 282 g/mol. The molecule has 0 spiro atoms. The Morgan fingerprint density at radius 2 is 2.29 bits per heavy atom. The number of hydrogen-bond donors (Lipinski definition) is 1. The molecule has 1 aliphatic heterocycles. The molecular formula is C16H21N3OS. The summed E-state index contributed by atoms with van der Waals surface area (Å²) < 4.78 is 7.09. The number of nitrogens with zero attached hydrogens (tertiary/aromatic N) is 2. The van der Waals surface area contributed by atoms with Crippen LogP contribution < -0.4 is 5.32 Å². The van der Waals surface area contributed by atoms with E-state index in [0.717, 1.165) is 37.7 Å². The first-order valence-corrected chi connectivity index (χ1v) is 8.29. The number of fused-ring (bicyclic) bond motifs is 1. The second-order valence-corrected chi connectivity index (χ2v) is 6.31. The summed E-state index contributed by atoms with van der Waals surface area (Å²) in [7, 11) is 1.72. The minimum atomic E-state index is 0.570. The topological polar surface area (TPSA) is 39.1 Å². The van der Waals surface area contributed by atoms with Gasteiger partial charge in [0.1, 0.15) is 0 Å². The lowest BCUT2D eigenvalue weighted by Gasteiger charge is -2.10. The molecule has 0 bridgehead atoms. The summed E-state index contributed by atoms with van der Waals surface area (Å²) >= 11 is 1.95. The first-order valence-electron chi connectivity index (χ1n) is 7.30. The summed E-state index contributed by atoms with van der Waals surface area (Å²) in [5.74, 6) is 1.72. The highest BCUT2D eigenvalue weighted by Crippen LogP contribution is 2.39. The highest BCUT2D eigenvalue weighted by Gasteiger charge is 2.23. The minimum absolute atomic E-state index is 0.570. The van der Waals surface area contributed by atoms with Crippen LogP contribution in [0.4, 0.5) is 0 Å². The Balaban J connectivity index is 1.56. The van der Waals surface area contributed by atoms with E-state index in [9.17, 15) is 0 Å². The molecule has 3 rings (SSSR count). The van der Waals surface area contributed by atoms with Gasteiger partial charge in [0.2, 0.25) is 0 Å². The minimum Gasteiger partial charge on any atom is -0.383 e. The van der Waals surface area contributed by atoms with Crippen molar-refractivity contribution in [2.45, 2.75) is 23.9 Å². The van der Waals surface area contributed by atoms with E-state index in [2.05, 4.69) is 51.6 Å². The maximum absolute atomic E-state index is 5.02. The van der Waals surface area contributed by atoms with Crippen LogP contribution in [0.1, 0.15) is 17.2 Å². The highest BCUT2D eigenvalue weighted by molar-refractivity contribution is 7.99. The van der Waals surface area contributed by atoms with Crippen LogP contribution in [0, 0.1) is 0 Å². The molecule has 0 saturated heterocycles. The van der Waals surface area contributed by atoms with Crippen molar-refractivity contribution in [3.8, 4) is 0 Å². The van der Waals surface area contributed by atoms with Crippen molar-refractivity contribution >= 4 is 11.8 Å². The van der Waals surface area contributed by atoms with Crippen LogP contribution in [-0.2, 0) is 17.8 Å². The van der Waals surface area contributed by atoms with Crippen LogP contribution in [0.15, 0.2) is 41.4 Å². The number of hydrogen-bond acceptors (Lipinski definition) is 4. The molecule has 1 aliphatic rings. The SMILES string of the molecule is COCCNCc1ccn(CC2CSc3ccccc32)n1. The standard InChI is InChI=1S/C16H21N3OS/c1-20-9-7-17-10-14-6-8-19(18-14)11-13-12-21-16-5-3-2-4-15(13)16/h2-6,8,13,17H,7,9-12H2,1H3. The molecule has 2 aromatic rings. The fourth-order valence-corrected chi connectivity index (χ4v) is 3.84. The van der Waals surface area contributed by atoms with Gasteiger partial charge in [0, 0.05) is 49.5 Å². The number of thioether (sulfide) groups is 1. The molecule has 1 aromatic carbocycles. The largest absolute Gasteiger partial charge is 0.383 e. The number of benzene rings is 1. The van der Waals surface area contributed by atoms with Crippen LogP contribution >= 0.6 is 11.8 Å². The number of methoxy groups -OCH3 is 1. The monoisotopic (exact) mass is 303 g/mol. The van der Waals surface area contributed by atoms with Crippen molar-refractivity contribution in [3.63, 3.8) is 0 Å². The maximum Gasteiger partial charge on any atom is 0.0762 e. The van der Waals surface area contributed by atoms with Crippen LogP contribution in [0.3, 0.4) is 0 Å². The summed E-state index contributed by atoms with van der Waals surface area (Å²) in [6.07, 6.45) is 2.08. The van der Waals surface area contributed by atoms with E-state index in [4.69, 9.17) is 4.74 Å². The lowest BCUT2D eigenvalue weighted by Crippen LogP contribution is -2.19. The second kappa shape index (κ2) is 7.11. The number of aromatic nitrogens is 2. The summed E-state index contributed by atoms with van der Waals surface area (Å²) in [4.78, 5) is 1.43. The lowest BCUT2D eigenvalue weighted by atomic mass is 10.0. The van der Waals surface area contributed by atoms with E-state index in [1.165, 1.54) is 10.5 Å². The van der Waals surface area contributed by atoms with Gasteiger partial charge in [-0.3, -0.25) is 4.68 Å². The third kappa shape index (κ3) is 3.67. The van der Waals surface area contributed by atoms with Gasteiger partial charge in [0.05, 0.1) is 12.3 Å². The van der Waals surface area contributed by atoms with E-state index in [1.54, 1.807) is 7.11 Å². The van der Waals surface area contributed by atoms with Gasteiger partial charge >= 0.3 is 0 Å². The van der Waals surface area contributed by atoms with Crippen LogP contribution in [-0.4, -0.2) is 35.8 Å². The van der Waals surface area contributed by atoms with Gasteiger partial charge in [-0.1, -0.05) is 18.2 Å². The fraction of sp³-hybridized carbons (Fsp3) is 0.438. The zero-order valence-electron chi connectivity index (χ0n) is 12.3. The lowest BCUT2D eigenvalue weighted by molar-refractivity contribution is 0.199. The summed E-state index contributed by atoms with van der Waals surface area (Å²) in [6, 6.07) is 10.8. The average Bonchev–Trinajstić information content (AvgIpc) is 3.12. The van der Waals surface area contributed by atoms with Gasteiger partial charge in [0.25, 0.3) is 0 Å². The Morgan fingerprint density at radius 1 is 1.38 bits per heavy atom. The molecule has 5 heteroatoms. The van der Waals surface area contributed by atoms with Crippen LogP contribution in [0.2, 0.25) is 0 Å². The van der Waals surface area contributed by atoms with Gasteiger partial charge in [-0.25, -0.2) is 0 Å². The number of ether oxygens (including phenoxy) is 1. The first kappa shape index (κ1) is 14.6. The molecule has 0 radical (unpaired) electrons. The average molecular weight is 303 g/mol. The van der Waals surface area contributed by atoms with Crippen molar-refractivity contribution in [2.75, 3.05) is 26.0 Å². The third-order valence-electron chi connectivity index (χ3n) is 3.69. The van der Waals surface area contributed by atoms with Gasteiger partial charge < -0.3 is 10.1 Å². The van der Waals surface area contributed by atoms with E-state index in [-0.39, 0.29) is 0 Å². The quantitative estimate of drug-likeness (QED) is 0.798. The molecule has 112 valence electrons. The first-order chi connectivity index (χ1) is 10.4. The molecule has 2 heterocycles. The molecule has 4 nitrogen and oxygen atoms in total. The van der Waals surface area contributed by atoms with Crippen molar-refractivity contribution in [1.29, 1.82) is 0 Å². The number of rotatable bonds is 7. The predicted octanol–water partition coefficient (Wildman–Crippen LogP) is 2.51. The number of nitrogens with one attached hydrogen (secondary N) is 1. The normalized spacial score (nSPS) is 17.1. The zero-order chi connectivity index (χ0) is 14.5. The third-order valence-corrected chi connectivity index (χ3v) is 4.94. The molecule has 1 atom stereocenters.